The van der Waals surface area contributed by atoms with Crippen LogP contribution in [0.15, 0.2) is 30.3 Å². The zero-order valence-corrected chi connectivity index (χ0v) is 15.1. The van der Waals surface area contributed by atoms with E-state index in [1.807, 2.05) is 35.2 Å². The van der Waals surface area contributed by atoms with Gasteiger partial charge >= 0.3 is 6.09 Å². The van der Waals surface area contributed by atoms with Crippen molar-refractivity contribution in [1.29, 1.82) is 0 Å². The number of amides is 1. The van der Waals surface area contributed by atoms with Crippen molar-refractivity contribution in [2.24, 2.45) is 17.3 Å². The second kappa shape index (κ2) is 7.36. The molecule has 4 rings (SSSR count). The van der Waals surface area contributed by atoms with Gasteiger partial charge in [-0.3, -0.25) is 0 Å². The molecule has 1 aromatic rings. The summed E-state index contributed by atoms with van der Waals surface area (Å²) in [7, 11) is 0. The summed E-state index contributed by atoms with van der Waals surface area (Å²) in [6, 6.07) is 9.94. The molecule has 1 aliphatic carbocycles. The predicted molar refractivity (Wildman–Crippen MR) is 98.2 cm³/mol. The Morgan fingerprint density at radius 1 is 1.16 bits per heavy atom. The Morgan fingerprint density at radius 3 is 2.68 bits per heavy atom. The Morgan fingerprint density at radius 2 is 1.92 bits per heavy atom. The van der Waals surface area contributed by atoms with Gasteiger partial charge in [0.15, 0.2) is 0 Å². The van der Waals surface area contributed by atoms with Crippen molar-refractivity contribution in [2.75, 3.05) is 26.2 Å². The lowest BCUT2D eigenvalue weighted by Crippen LogP contribution is -2.51. The average molecular weight is 342 g/mol. The van der Waals surface area contributed by atoms with Crippen molar-refractivity contribution in [3.8, 4) is 0 Å². The summed E-state index contributed by atoms with van der Waals surface area (Å²) < 4.78 is 5.54. The molecule has 4 heteroatoms. The Hall–Kier alpha value is -1.55. The molecule has 1 aromatic carbocycles. The van der Waals surface area contributed by atoms with E-state index in [4.69, 9.17) is 4.74 Å². The zero-order chi connectivity index (χ0) is 17.1. The van der Waals surface area contributed by atoms with Crippen LogP contribution < -0.4 is 5.32 Å². The smallest absolute Gasteiger partial charge is 0.410 e. The molecule has 1 atom stereocenters. The molecular formula is C21H30N2O2. The van der Waals surface area contributed by atoms with Crippen LogP contribution >= 0.6 is 0 Å². The molecule has 0 aromatic heterocycles. The summed E-state index contributed by atoms with van der Waals surface area (Å²) in [6.45, 7) is 4.50. The fourth-order valence-electron chi connectivity index (χ4n) is 5.12. The third-order valence-electron chi connectivity index (χ3n) is 6.64. The van der Waals surface area contributed by atoms with E-state index in [0.717, 1.165) is 31.0 Å². The second-order valence-electron chi connectivity index (χ2n) is 8.31. The Kier molecular flexibility index (Phi) is 4.98. The second-order valence-corrected chi connectivity index (χ2v) is 8.31. The number of carbonyl (C=O) groups excluding carboxylic acids is 1. The number of nitrogens with zero attached hydrogens (tertiary/aromatic N) is 1. The van der Waals surface area contributed by atoms with Gasteiger partial charge in [0.1, 0.15) is 6.61 Å². The summed E-state index contributed by atoms with van der Waals surface area (Å²) in [4.78, 5) is 14.4. The molecule has 1 unspecified atom stereocenters. The number of carbonyl (C=O) groups is 1. The third-order valence-corrected chi connectivity index (χ3v) is 6.64. The van der Waals surface area contributed by atoms with Crippen LogP contribution in [-0.4, -0.2) is 37.2 Å². The van der Waals surface area contributed by atoms with Gasteiger partial charge < -0.3 is 15.0 Å². The highest BCUT2D eigenvalue weighted by Crippen LogP contribution is 2.55. The summed E-state index contributed by atoms with van der Waals surface area (Å²) >= 11 is 0. The predicted octanol–water partition coefficient (Wildman–Crippen LogP) is 3.82. The van der Waals surface area contributed by atoms with Crippen LogP contribution in [0.5, 0.6) is 0 Å². The van der Waals surface area contributed by atoms with Crippen molar-refractivity contribution in [3.05, 3.63) is 35.9 Å². The monoisotopic (exact) mass is 342 g/mol. The zero-order valence-electron chi connectivity index (χ0n) is 15.1. The maximum absolute atomic E-state index is 12.4. The highest BCUT2D eigenvalue weighted by molar-refractivity contribution is 5.67. The van der Waals surface area contributed by atoms with Crippen LogP contribution in [0.4, 0.5) is 4.79 Å². The van der Waals surface area contributed by atoms with Crippen LogP contribution in [0.3, 0.4) is 0 Å². The minimum absolute atomic E-state index is 0.135. The van der Waals surface area contributed by atoms with Gasteiger partial charge in [0.2, 0.25) is 0 Å². The first kappa shape index (κ1) is 16.9. The highest BCUT2D eigenvalue weighted by Gasteiger charge is 2.47. The van der Waals surface area contributed by atoms with Crippen molar-refractivity contribution in [2.45, 2.75) is 45.1 Å². The maximum Gasteiger partial charge on any atom is 0.410 e. The van der Waals surface area contributed by atoms with Gasteiger partial charge in [0.05, 0.1) is 0 Å². The van der Waals surface area contributed by atoms with Crippen molar-refractivity contribution in [3.63, 3.8) is 0 Å². The van der Waals surface area contributed by atoms with E-state index in [2.05, 4.69) is 5.32 Å². The number of ether oxygens (including phenoxy) is 1. The third kappa shape index (κ3) is 3.84. The molecule has 1 saturated carbocycles. The van der Waals surface area contributed by atoms with Gasteiger partial charge in [0.25, 0.3) is 0 Å². The minimum Gasteiger partial charge on any atom is -0.445 e. The van der Waals surface area contributed by atoms with E-state index in [-0.39, 0.29) is 6.09 Å². The lowest BCUT2D eigenvalue weighted by Gasteiger charge is -2.54. The first-order valence-electron chi connectivity index (χ1n) is 9.90. The van der Waals surface area contributed by atoms with Crippen molar-refractivity contribution in [1.82, 2.24) is 10.2 Å². The average Bonchev–Trinajstić information content (AvgIpc) is 2.65. The number of nitrogens with one attached hydrogen (secondary N) is 1. The number of rotatable bonds is 3. The molecule has 4 nitrogen and oxygen atoms in total. The van der Waals surface area contributed by atoms with Gasteiger partial charge in [-0.2, -0.15) is 0 Å². The molecular weight excluding hydrogens is 312 g/mol. The Bertz CT molecular complexity index is 575. The molecule has 3 fully saturated rings. The van der Waals surface area contributed by atoms with Crippen LogP contribution in [-0.2, 0) is 11.3 Å². The van der Waals surface area contributed by atoms with Gasteiger partial charge in [-0.05, 0) is 74.4 Å². The van der Waals surface area contributed by atoms with E-state index in [9.17, 15) is 4.79 Å². The topological polar surface area (TPSA) is 41.6 Å². The quantitative estimate of drug-likeness (QED) is 0.908. The number of benzene rings is 1. The molecule has 2 aliphatic heterocycles. The largest absolute Gasteiger partial charge is 0.445 e. The molecule has 1 amide bonds. The maximum atomic E-state index is 12.4. The summed E-state index contributed by atoms with van der Waals surface area (Å²) in [5, 5.41) is 3.48. The molecule has 3 aliphatic rings. The van der Waals surface area contributed by atoms with Gasteiger partial charge in [-0.15, -0.1) is 0 Å². The van der Waals surface area contributed by atoms with E-state index < -0.39 is 0 Å². The van der Waals surface area contributed by atoms with Gasteiger partial charge in [-0.25, -0.2) is 4.79 Å². The van der Waals surface area contributed by atoms with Crippen LogP contribution in [0.1, 0.15) is 44.1 Å². The number of hydrogen-bond acceptors (Lipinski definition) is 3. The normalized spacial score (nSPS) is 26.2. The number of likely N-dealkylation sites (tertiary alicyclic amines) is 1. The first-order valence-corrected chi connectivity index (χ1v) is 9.90. The summed E-state index contributed by atoms with van der Waals surface area (Å²) in [5.41, 5.74) is 1.68. The summed E-state index contributed by atoms with van der Waals surface area (Å²) in [6.07, 6.45) is 7.72. The van der Waals surface area contributed by atoms with Crippen LogP contribution in [0.2, 0.25) is 0 Å². The Balaban J connectivity index is 1.26. The number of hydrogen-bond donors (Lipinski definition) is 1. The van der Waals surface area contributed by atoms with Crippen LogP contribution in [0, 0.1) is 17.3 Å². The molecule has 136 valence electrons. The molecule has 25 heavy (non-hydrogen) atoms. The van der Waals surface area contributed by atoms with E-state index in [1.54, 1.807) is 0 Å². The lowest BCUT2D eigenvalue weighted by atomic mass is 9.54. The molecule has 2 heterocycles. The first-order chi connectivity index (χ1) is 12.2. The van der Waals surface area contributed by atoms with E-state index >= 15 is 0 Å². The molecule has 1 spiro atoms. The number of piperidine rings is 2. The van der Waals surface area contributed by atoms with Gasteiger partial charge in [-0.1, -0.05) is 30.3 Å². The Labute approximate surface area is 150 Å². The SMILES string of the molecule is O=C(OCc1ccccc1)N1CCCC(C2CC3(CCNCC3)C2)C1. The lowest BCUT2D eigenvalue weighted by molar-refractivity contribution is -0.0296. The fraction of sp³-hybridized carbons (Fsp3) is 0.667. The summed E-state index contributed by atoms with van der Waals surface area (Å²) in [5.74, 6) is 1.50. The standard InChI is InChI=1S/C21H30N2O2/c24-20(25-16-17-5-2-1-3-6-17)23-12-4-7-18(15-23)19-13-21(14-19)8-10-22-11-9-21/h1-3,5-6,18-19,22H,4,7-16H2. The minimum atomic E-state index is -0.135. The molecule has 1 N–H and O–H groups in total. The fourth-order valence-corrected chi connectivity index (χ4v) is 5.12. The van der Waals surface area contributed by atoms with Crippen LogP contribution in [0.25, 0.3) is 0 Å². The molecule has 0 radical (unpaired) electrons. The van der Waals surface area contributed by atoms with Gasteiger partial charge in [0, 0.05) is 13.1 Å². The highest BCUT2D eigenvalue weighted by atomic mass is 16.6. The van der Waals surface area contributed by atoms with Crippen molar-refractivity contribution < 1.29 is 9.53 Å². The molecule has 2 saturated heterocycles. The molecule has 0 bridgehead atoms. The van der Waals surface area contributed by atoms with Crippen molar-refractivity contribution >= 4 is 6.09 Å². The van der Waals surface area contributed by atoms with E-state index in [0.29, 0.717) is 17.9 Å². The van der Waals surface area contributed by atoms with E-state index in [1.165, 1.54) is 45.2 Å².